The molecule has 82 valence electrons. The molecule has 2 unspecified atom stereocenters. The molecule has 0 radical (unpaired) electrons. The Morgan fingerprint density at radius 2 is 2.13 bits per heavy atom. The molecule has 1 aliphatic rings. The van der Waals surface area contributed by atoms with Crippen LogP contribution in [-0.4, -0.2) is 20.3 Å². The maximum absolute atomic E-state index is 5.86. The molecule has 0 bridgehead atoms. The first kappa shape index (κ1) is 10.9. The maximum atomic E-state index is 5.86. The quantitative estimate of drug-likeness (QED) is 0.854. The van der Waals surface area contributed by atoms with E-state index in [4.69, 9.17) is 16.3 Å². The van der Waals surface area contributed by atoms with Gasteiger partial charge in [-0.05, 0) is 30.0 Å². The van der Waals surface area contributed by atoms with Gasteiger partial charge in [0.25, 0.3) is 0 Å². The highest BCUT2D eigenvalue weighted by molar-refractivity contribution is 6.30. The average Bonchev–Trinajstić information content (AvgIpc) is 2.68. The Morgan fingerprint density at radius 1 is 1.40 bits per heavy atom. The Balaban J connectivity index is 1.98. The summed E-state index contributed by atoms with van der Waals surface area (Å²) in [5, 5.41) is 4.30. The van der Waals surface area contributed by atoms with Crippen LogP contribution in [0.5, 0.6) is 0 Å². The molecule has 0 aromatic heterocycles. The SMILES string of the molecule is COCC1CNC(c2ccc(Cl)cc2)C1. The Morgan fingerprint density at radius 3 is 2.80 bits per heavy atom. The largest absolute Gasteiger partial charge is 0.384 e. The lowest BCUT2D eigenvalue weighted by atomic mass is 10.0. The minimum absolute atomic E-state index is 0.461. The minimum Gasteiger partial charge on any atom is -0.384 e. The third-order valence-corrected chi connectivity index (χ3v) is 3.15. The van der Waals surface area contributed by atoms with Crippen molar-refractivity contribution in [2.24, 2.45) is 5.92 Å². The van der Waals surface area contributed by atoms with Crippen molar-refractivity contribution >= 4 is 11.6 Å². The highest BCUT2D eigenvalue weighted by Gasteiger charge is 2.24. The van der Waals surface area contributed by atoms with E-state index in [1.807, 2.05) is 12.1 Å². The van der Waals surface area contributed by atoms with E-state index in [9.17, 15) is 0 Å². The van der Waals surface area contributed by atoms with Gasteiger partial charge in [-0.2, -0.15) is 0 Å². The Labute approximate surface area is 95.6 Å². The number of hydrogen-bond donors (Lipinski definition) is 1. The fourth-order valence-electron chi connectivity index (χ4n) is 2.12. The molecule has 3 heteroatoms. The lowest BCUT2D eigenvalue weighted by Crippen LogP contribution is -2.14. The van der Waals surface area contributed by atoms with Gasteiger partial charge < -0.3 is 10.1 Å². The molecule has 1 N–H and O–H groups in total. The number of methoxy groups -OCH3 is 1. The average molecular weight is 226 g/mol. The second-order valence-electron chi connectivity index (χ2n) is 4.07. The van der Waals surface area contributed by atoms with Crippen molar-refractivity contribution in [3.8, 4) is 0 Å². The van der Waals surface area contributed by atoms with Gasteiger partial charge >= 0.3 is 0 Å². The third-order valence-electron chi connectivity index (χ3n) is 2.90. The van der Waals surface area contributed by atoms with Crippen LogP contribution in [-0.2, 0) is 4.74 Å². The summed E-state index contributed by atoms with van der Waals surface area (Å²) in [5.74, 6) is 0.635. The van der Waals surface area contributed by atoms with E-state index < -0.39 is 0 Å². The normalized spacial score (nSPS) is 25.7. The van der Waals surface area contributed by atoms with Crippen molar-refractivity contribution in [1.82, 2.24) is 5.32 Å². The maximum Gasteiger partial charge on any atom is 0.0503 e. The number of ether oxygens (including phenoxy) is 1. The number of hydrogen-bond acceptors (Lipinski definition) is 2. The Hall–Kier alpha value is -0.570. The smallest absolute Gasteiger partial charge is 0.0503 e. The third kappa shape index (κ3) is 2.71. The van der Waals surface area contributed by atoms with Crippen molar-refractivity contribution in [2.45, 2.75) is 12.5 Å². The van der Waals surface area contributed by atoms with E-state index in [1.165, 1.54) is 5.56 Å². The van der Waals surface area contributed by atoms with Crippen molar-refractivity contribution in [1.29, 1.82) is 0 Å². The predicted molar refractivity (Wildman–Crippen MR) is 62.2 cm³/mol. The highest BCUT2D eigenvalue weighted by atomic mass is 35.5. The molecule has 2 rings (SSSR count). The topological polar surface area (TPSA) is 21.3 Å². The molecule has 2 nitrogen and oxygen atoms in total. The van der Waals surface area contributed by atoms with E-state index >= 15 is 0 Å². The van der Waals surface area contributed by atoms with Crippen LogP contribution in [0.2, 0.25) is 5.02 Å². The van der Waals surface area contributed by atoms with Crippen LogP contribution in [0.1, 0.15) is 18.0 Å². The highest BCUT2D eigenvalue weighted by Crippen LogP contribution is 2.27. The molecule has 1 saturated heterocycles. The van der Waals surface area contributed by atoms with Crippen molar-refractivity contribution in [3.63, 3.8) is 0 Å². The molecular weight excluding hydrogens is 210 g/mol. The van der Waals surface area contributed by atoms with E-state index in [-0.39, 0.29) is 0 Å². The van der Waals surface area contributed by atoms with Gasteiger partial charge in [0.05, 0.1) is 6.61 Å². The molecule has 0 saturated carbocycles. The van der Waals surface area contributed by atoms with E-state index in [0.717, 1.165) is 24.6 Å². The van der Waals surface area contributed by atoms with Crippen molar-refractivity contribution in [2.75, 3.05) is 20.3 Å². The standard InChI is InChI=1S/C12H16ClNO/c1-15-8-9-6-12(14-7-9)10-2-4-11(13)5-3-10/h2-5,9,12,14H,6-8H2,1H3. The van der Waals surface area contributed by atoms with Crippen LogP contribution in [0.25, 0.3) is 0 Å². The van der Waals surface area contributed by atoms with Gasteiger partial charge in [0.2, 0.25) is 0 Å². The lowest BCUT2D eigenvalue weighted by molar-refractivity contribution is 0.159. The molecule has 0 amide bonds. The van der Waals surface area contributed by atoms with Gasteiger partial charge in [0, 0.05) is 24.7 Å². The fourth-order valence-corrected chi connectivity index (χ4v) is 2.25. The summed E-state index contributed by atoms with van der Waals surface area (Å²) in [5.41, 5.74) is 1.32. The summed E-state index contributed by atoms with van der Waals surface area (Å²) in [6.07, 6.45) is 1.15. The van der Waals surface area contributed by atoms with Crippen molar-refractivity contribution < 1.29 is 4.74 Å². The van der Waals surface area contributed by atoms with Crippen LogP contribution in [0.3, 0.4) is 0 Å². The summed E-state index contributed by atoms with van der Waals surface area (Å²) in [4.78, 5) is 0. The number of nitrogens with one attached hydrogen (secondary N) is 1. The molecular formula is C12H16ClNO. The number of benzene rings is 1. The van der Waals surface area contributed by atoms with Gasteiger partial charge in [-0.25, -0.2) is 0 Å². The first-order valence-electron chi connectivity index (χ1n) is 5.27. The molecule has 1 fully saturated rings. The fraction of sp³-hybridized carbons (Fsp3) is 0.500. The van der Waals surface area contributed by atoms with E-state index in [2.05, 4.69) is 17.4 Å². The molecule has 15 heavy (non-hydrogen) atoms. The summed E-state index contributed by atoms with van der Waals surface area (Å²) in [6, 6.07) is 8.54. The number of rotatable bonds is 3. The van der Waals surface area contributed by atoms with Gasteiger partial charge in [-0.15, -0.1) is 0 Å². The predicted octanol–water partition coefficient (Wildman–Crippen LogP) is 2.64. The van der Waals surface area contributed by atoms with Crippen LogP contribution < -0.4 is 5.32 Å². The van der Waals surface area contributed by atoms with Crippen LogP contribution >= 0.6 is 11.6 Å². The van der Waals surface area contributed by atoms with Gasteiger partial charge in [0.15, 0.2) is 0 Å². The van der Waals surface area contributed by atoms with E-state index in [1.54, 1.807) is 7.11 Å². The zero-order valence-electron chi connectivity index (χ0n) is 8.87. The van der Waals surface area contributed by atoms with Crippen molar-refractivity contribution in [3.05, 3.63) is 34.9 Å². The van der Waals surface area contributed by atoms with E-state index in [0.29, 0.717) is 12.0 Å². The summed E-state index contributed by atoms with van der Waals surface area (Å²) in [7, 11) is 1.76. The second kappa shape index (κ2) is 4.97. The summed E-state index contributed by atoms with van der Waals surface area (Å²) in [6.45, 7) is 1.89. The molecule has 1 heterocycles. The molecule has 0 spiro atoms. The molecule has 1 aliphatic heterocycles. The monoisotopic (exact) mass is 225 g/mol. The van der Waals surface area contributed by atoms with Gasteiger partial charge in [0.1, 0.15) is 0 Å². The van der Waals surface area contributed by atoms with Crippen LogP contribution in [0, 0.1) is 5.92 Å². The zero-order valence-corrected chi connectivity index (χ0v) is 9.63. The second-order valence-corrected chi connectivity index (χ2v) is 4.51. The first-order chi connectivity index (χ1) is 7.29. The molecule has 2 atom stereocenters. The minimum atomic E-state index is 0.461. The summed E-state index contributed by atoms with van der Waals surface area (Å²) >= 11 is 5.86. The van der Waals surface area contributed by atoms with Gasteiger partial charge in [-0.3, -0.25) is 0 Å². The van der Waals surface area contributed by atoms with Crippen LogP contribution in [0.15, 0.2) is 24.3 Å². The van der Waals surface area contributed by atoms with Crippen LogP contribution in [0.4, 0.5) is 0 Å². The molecule has 1 aromatic carbocycles. The zero-order chi connectivity index (χ0) is 10.7. The Kier molecular flexibility index (Phi) is 3.62. The Bertz CT molecular complexity index is 312. The number of halogens is 1. The molecule has 1 aromatic rings. The first-order valence-corrected chi connectivity index (χ1v) is 5.65. The van der Waals surface area contributed by atoms with Gasteiger partial charge in [-0.1, -0.05) is 23.7 Å². The summed E-state index contributed by atoms with van der Waals surface area (Å²) < 4.78 is 5.17. The molecule has 0 aliphatic carbocycles. The lowest BCUT2D eigenvalue weighted by Gasteiger charge is -2.10.